The molecule has 0 saturated carbocycles. The minimum atomic E-state index is -4.59. The molecule has 0 aromatic heterocycles. The zero-order chi connectivity index (χ0) is 11.2. The first-order valence-electron chi connectivity index (χ1n) is 3.93. The fourth-order valence-corrected chi connectivity index (χ4v) is 0.717. The molecule has 0 fully saturated rings. The highest BCUT2D eigenvalue weighted by Crippen LogP contribution is 2.19. The van der Waals surface area contributed by atoms with Crippen molar-refractivity contribution in [1.82, 2.24) is 5.32 Å². The molecule has 0 aromatic rings. The maximum atomic E-state index is 11.8. The van der Waals surface area contributed by atoms with Crippen LogP contribution in [0.5, 0.6) is 0 Å². The third-order valence-electron chi connectivity index (χ3n) is 1.55. The molecule has 0 aliphatic heterocycles. The van der Waals surface area contributed by atoms with E-state index in [0.29, 0.717) is 0 Å². The van der Waals surface area contributed by atoms with Gasteiger partial charge < -0.3 is 19.9 Å². The molecule has 0 aliphatic rings. The lowest BCUT2D eigenvalue weighted by atomic mass is 10.3. The summed E-state index contributed by atoms with van der Waals surface area (Å²) in [5.74, 6) is 0. The highest BCUT2D eigenvalue weighted by Gasteiger charge is 2.37. The quantitative estimate of drug-likeness (QED) is 0.620. The first-order valence-corrected chi connectivity index (χ1v) is 3.93. The summed E-state index contributed by atoms with van der Waals surface area (Å²) in [6, 6.07) is 0. The largest absolute Gasteiger partial charge is 0.415 e. The zero-order valence-corrected chi connectivity index (χ0v) is 7.97. The van der Waals surface area contributed by atoms with Crippen molar-refractivity contribution in [2.45, 2.75) is 18.6 Å². The maximum Gasteiger partial charge on any atom is 0.415 e. The maximum absolute atomic E-state index is 11.8. The van der Waals surface area contributed by atoms with Gasteiger partial charge in [-0.1, -0.05) is 0 Å². The van der Waals surface area contributed by atoms with Gasteiger partial charge in [0.05, 0.1) is 0 Å². The van der Waals surface area contributed by atoms with E-state index in [1.807, 2.05) is 0 Å². The van der Waals surface area contributed by atoms with Gasteiger partial charge in [-0.05, 0) is 0 Å². The summed E-state index contributed by atoms with van der Waals surface area (Å²) in [6.07, 6.45) is -7.57. The van der Waals surface area contributed by atoms with Gasteiger partial charge in [0.2, 0.25) is 0 Å². The second-order valence-electron chi connectivity index (χ2n) is 2.62. The minimum Gasteiger partial charge on any atom is -0.382 e. The zero-order valence-electron chi connectivity index (χ0n) is 7.97. The third kappa shape index (κ3) is 5.38. The smallest absolute Gasteiger partial charge is 0.382 e. The van der Waals surface area contributed by atoms with Crippen LogP contribution in [0.25, 0.3) is 0 Å². The average molecular weight is 217 g/mol. The van der Waals surface area contributed by atoms with Crippen LogP contribution in [0, 0.1) is 0 Å². The Morgan fingerprint density at radius 1 is 1.21 bits per heavy atom. The number of halogens is 3. The van der Waals surface area contributed by atoms with E-state index >= 15 is 0 Å². The molecule has 0 aromatic carbocycles. The van der Waals surface area contributed by atoms with Crippen LogP contribution in [-0.4, -0.2) is 51.0 Å². The Balaban J connectivity index is 3.63. The van der Waals surface area contributed by atoms with Crippen molar-refractivity contribution >= 4 is 0 Å². The number of hydrogen-bond acceptors (Lipinski definition) is 4. The molecule has 86 valence electrons. The van der Waals surface area contributed by atoms with Crippen molar-refractivity contribution in [1.29, 1.82) is 0 Å². The van der Waals surface area contributed by atoms with E-state index in [1.165, 1.54) is 14.2 Å². The molecule has 0 amide bonds. The number of nitrogens with one attached hydrogen (secondary N) is 1. The highest BCUT2D eigenvalue weighted by molar-refractivity contribution is 4.68. The molecule has 0 aliphatic carbocycles. The van der Waals surface area contributed by atoms with Crippen LogP contribution in [0.15, 0.2) is 0 Å². The van der Waals surface area contributed by atoms with Gasteiger partial charge in [0.15, 0.2) is 12.4 Å². The summed E-state index contributed by atoms with van der Waals surface area (Å²) in [7, 11) is 2.74. The van der Waals surface area contributed by atoms with Gasteiger partial charge in [-0.15, -0.1) is 0 Å². The fraction of sp³-hybridized carbons (Fsp3) is 1.00. The topological polar surface area (TPSA) is 50.7 Å². The number of alkyl halides is 3. The van der Waals surface area contributed by atoms with Gasteiger partial charge in [0.1, 0.15) is 0 Å². The number of aliphatic hydroxyl groups is 1. The fourth-order valence-electron chi connectivity index (χ4n) is 0.717. The molecule has 4 nitrogen and oxygen atoms in total. The Kier molecular flexibility index (Phi) is 6.01. The number of hydrogen-bond donors (Lipinski definition) is 2. The molecule has 7 heteroatoms. The van der Waals surface area contributed by atoms with E-state index in [9.17, 15) is 13.2 Å². The van der Waals surface area contributed by atoms with E-state index < -0.39 is 25.1 Å². The lowest BCUT2D eigenvalue weighted by Gasteiger charge is -2.17. The van der Waals surface area contributed by atoms with Gasteiger partial charge in [0, 0.05) is 27.3 Å². The first kappa shape index (κ1) is 13.6. The molecule has 0 bridgehead atoms. The van der Waals surface area contributed by atoms with Crippen molar-refractivity contribution in [3.63, 3.8) is 0 Å². The molecular weight excluding hydrogens is 203 g/mol. The number of rotatable bonds is 6. The van der Waals surface area contributed by atoms with E-state index in [2.05, 4.69) is 5.32 Å². The van der Waals surface area contributed by atoms with Gasteiger partial charge in [-0.25, -0.2) is 0 Å². The van der Waals surface area contributed by atoms with Crippen molar-refractivity contribution in [2.75, 3.05) is 27.3 Å². The second kappa shape index (κ2) is 6.18. The Morgan fingerprint density at radius 2 is 1.71 bits per heavy atom. The number of aliphatic hydroxyl groups excluding tert-OH is 1. The third-order valence-corrected chi connectivity index (χ3v) is 1.55. The molecule has 0 rings (SSSR count). The molecule has 2 N–H and O–H groups in total. The standard InChI is InChI=1S/C7H14F3NO3/c1-13-6(14-2)4-11-3-5(12)7(8,9)10/h5-6,11-12H,3-4H2,1-2H3. The normalized spacial score (nSPS) is 14.8. The predicted molar refractivity (Wildman–Crippen MR) is 42.7 cm³/mol. The van der Waals surface area contributed by atoms with Crippen LogP contribution in [-0.2, 0) is 9.47 Å². The molecule has 0 spiro atoms. The van der Waals surface area contributed by atoms with Crippen LogP contribution in [0.4, 0.5) is 13.2 Å². The Hall–Kier alpha value is -0.370. The summed E-state index contributed by atoms with van der Waals surface area (Å²) in [5.41, 5.74) is 0. The Bertz CT molecular complexity index is 150. The Labute approximate surface area is 80.0 Å². The molecule has 0 radical (unpaired) electrons. The molecule has 14 heavy (non-hydrogen) atoms. The molecule has 1 atom stereocenters. The second-order valence-corrected chi connectivity index (χ2v) is 2.62. The van der Waals surface area contributed by atoms with Crippen molar-refractivity contribution in [3.05, 3.63) is 0 Å². The predicted octanol–water partition coefficient (Wildman–Crippen LogP) is 0.118. The molecular formula is C7H14F3NO3. The van der Waals surface area contributed by atoms with Crippen LogP contribution in [0.3, 0.4) is 0 Å². The molecule has 0 saturated heterocycles. The number of ether oxygens (including phenoxy) is 2. The number of methoxy groups -OCH3 is 2. The monoisotopic (exact) mass is 217 g/mol. The lowest BCUT2D eigenvalue weighted by Crippen LogP contribution is -2.41. The van der Waals surface area contributed by atoms with E-state index in [-0.39, 0.29) is 6.54 Å². The van der Waals surface area contributed by atoms with E-state index in [1.54, 1.807) is 0 Å². The van der Waals surface area contributed by atoms with E-state index in [0.717, 1.165) is 0 Å². The summed E-state index contributed by atoms with van der Waals surface area (Å²) in [6.45, 7) is -0.493. The van der Waals surface area contributed by atoms with Crippen molar-refractivity contribution in [2.24, 2.45) is 0 Å². The van der Waals surface area contributed by atoms with Crippen molar-refractivity contribution < 1.29 is 27.8 Å². The van der Waals surface area contributed by atoms with Crippen LogP contribution in [0.1, 0.15) is 0 Å². The Morgan fingerprint density at radius 3 is 2.07 bits per heavy atom. The summed E-state index contributed by atoms with van der Waals surface area (Å²) < 4.78 is 44.8. The van der Waals surface area contributed by atoms with Gasteiger partial charge in [0.25, 0.3) is 0 Å². The van der Waals surface area contributed by atoms with Gasteiger partial charge in [-0.3, -0.25) is 0 Å². The van der Waals surface area contributed by atoms with Crippen molar-refractivity contribution in [3.8, 4) is 0 Å². The average Bonchev–Trinajstić information content (AvgIpc) is 2.10. The summed E-state index contributed by atoms with van der Waals surface area (Å²) in [4.78, 5) is 0. The van der Waals surface area contributed by atoms with Gasteiger partial charge >= 0.3 is 6.18 Å². The van der Waals surface area contributed by atoms with Crippen LogP contribution in [0.2, 0.25) is 0 Å². The summed E-state index contributed by atoms with van der Waals surface area (Å²) in [5, 5.41) is 10.9. The van der Waals surface area contributed by atoms with Crippen LogP contribution >= 0.6 is 0 Å². The summed E-state index contributed by atoms with van der Waals surface area (Å²) >= 11 is 0. The van der Waals surface area contributed by atoms with Gasteiger partial charge in [-0.2, -0.15) is 13.2 Å². The first-order chi connectivity index (χ1) is 6.41. The van der Waals surface area contributed by atoms with Crippen LogP contribution < -0.4 is 5.32 Å². The minimum absolute atomic E-state index is 0.0835. The molecule has 0 heterocycles. The molecule has 1 unspecified atom stereocenters. The highest BCUT2D eigenvalue weighted by atomic mass is 19.4. The SMILES string of the molecule is COC(CNCC(O)C(F)(F)F)OC. The lowest BCUT2D eigenvalue weighted by molar-refractivity contribution is -0.202. The van der Waals surface area contributed by atoms with E-state index in [4.69, 9.17) is 14.6 Å².